The Morgan fingerprint density at radius 1 is 0.778 bits per heavy atom. The molecule has 0 saturated heterocycles. The summed E-state index contributed by atoms with van der Waals surface area (Å²) in [4.78, 5) is 0. The van der Waals surface area contributed by atoms with Gasteiger partial charge in [0, 0.05) is 0 Å². The zero-order valence-corrected chi connectivity index (χ0v) is 13.6. The van der Waals surface area contributed by atoms with Gasteiger partial charge < -0.3 is 0 Å². The first-order chi connectivity index (χ1) is 8.75. The van der Waals surface area contributed by atoms with Gasteiger partial charge in [-0.1, -0.05) is 0 Å². The van der Waals surface area contributed by atoms with Crippen molar-refractivity contribution in [2.45, 2.75) is 16.7 Å². The summed E-state index contributed by atoms with van der Waals surface area (Å²) >= 11 is 0.677. The van der Waals surface area contributed by atoms with Crippen molar-refractivity contribution in [3.05, 3.63) is 60.7 Å². The monoisotopic (exact) mass is 372 g/mol. The molecule has 1 unspecified atom stereocenters. The molecule has 18 heavy (non-hydrogen) atoms. The van der Waals surface area contributed by atoms with Crippen molar-refractivity contribution in [3.8, 4) is 0 Å². The van der Waals surface area contributed by atoms with Gasteiger partial charge in [-0.05, 0) is 0 Å². The van der Waals surface area contributed by atoms with Gasteiger partial charge in [-0.25, -0.2) is 0 Å². The maximum absolute atomic E-state index is 9.97. The molecule has 0 fully saturated rings. The molecule has 0 heterocycles. The molecule has 2 rings (SSSR count). The molecule has 2 aromatic rings. The van der Waals surface area contributed by atoms with Crippen LogP contribution in [0, 0.1) is 0 Å². The molecule has 0 amide bonds. The zero-order valence-electron chi connectivity index (χ0n) is 10.2. The van der Waals surface area contributed by atoms with Crippen LogP contribution in [0.2, 0.25) is 3.71 Å². The van der Waals surface area contributed by atoms with Crippen LogP contribution < -0.4 is 8.92 Å². The molecule has 0 bridgehead atoms. The Morgan fingerprint density at radius 2 is 1.17 bits per heavy atom. The van der Waals surface area contributed by atoms with Crippen molar-refractivity contribution in [1.29, 1.82) is 0 Å². The molecule has 0 aromatic heterocycles. The zero-order chi connectivity index (χ0) is 12.8. The number of aliphatic hydroxyl groups is 1. The topological polar surface area (TPSA) is 20.2 Å². The van der Waals surface area contributed by atoms with Crippen molar-refractivity contribution < 1.29 is 5.11 Å². The minimum atomic E-state index is -0.231. The van der Waals surface area contributed by atoms with Crippen LogP contribution in [0.25, 0.3) is 0 Å². The molecule has 1 atom stereocenters. The number of aliphatic hydroxyl groups excluding tert-OH is 1. The van der Waals surface area contributed by atoms with Crippen LogP contribution in [-0.4, -0.2) is 41.1 Å². The average Bonchev–Trinajstić information content (AvgIpc) is 2.40. The van der Waals surface area contributed by atoms with Gasteiger partial charge in [0.2, 0.25) is 0 Å². The molecular weight excluding hydrogens is 354 g/mol. The molecule has 3 heteroatoms. The van der Waals surface area contributed by atoms with E-state index in [1.807, 2.05) is 19.1 Å². The van der Waals surface area contributed by atoms with Gasteiger partial charge >= 0.3 is 121 Å². The number of benzene rings is 2. The quantitative estimate of drug-likeness (QED) is 0.784. The minimum absolute atomic E-state index is 0.231. The van der Waals surface area contributed by atoms with Gasteiger partial charge in [0.05, 0.1) is 0 Å². The Morgan fingerprint density at radius 3 is 1.50 bits per heavy atom. The van der Waals surface area contributed by atoms with E-state index in [4.69, 9.17) is 0 Å². The molecular formula is C15H16OSe2. The van der Waals surface area contributed by atoms with E-state index in [9.17, 15) is 5.11 Å². The van der Waals surface area contributed by atoms with Crippen molar-refractivity contribution in [1.82, 2.24) is 0 Å². The van der Waals surface area contributed by atoms with Crippen LogP contribution in [-0.2, 0) is 0 Å². The summed E-state index contributed by atoms with van der Waals surface area (Å²) in [5.74, 6) is 0. The predicted octanol–water partition coefficient (Wildman–Crippen LogP) is 1.17. The van der Waals surface area contributed by atoms with Crippen molar-refractivity contribution >= 4 is 38.8 Å². The van der Waals surface area contributed by atoms with Gasteiger partial charge in [-0.2, -0.15) is 0 Å². The first-order valence-electron chi connectivity index (χ1n) is 5.87. The second kappa shape index (κ2) is 7.13. The molecule has 0 spiro atoms. The predicted molar refractivity (Wildman–Crippen MR) is 79.1 cm³/mol. The fourth-order valence-electron chi connectivity index (χ4n) is 1.49. The van der Waals surface area contributed by atoms with E-state index in [0.29, 0.717) is 33.6 Å². The van der Waals surface area contributed by atoms with Gasteiger partial charge in [0.1, 0.15) is 0 Å². The third-order valence-corrected chi connectivity index (χ3v) is 9.39. The summed E-state index contributed by atoms with van der Waals surface area (Å²) in [6.07, 6.45) is -0.231. The molecule has 1 N–H and O–H groups in total. The Labute approximate surface area is 121 Å². The normalized spacial score (nSPS) is 12.6. The van der Waals surface area contributed by atoms with E-state index in [1.54, 1.807) is 0 Å². The Bertz CT molecular complexity index is 415. The fraction of sp³-hybridized carbons (Fsp3) is 0.200. The van der Waals surface area contributed by atoms with E-state index >= 15 is 0 Å². The summed E-state index contributed by atoms with van der Waals surface area (Å²) in [6, 6.07) is 21.0. The molecule has 1 nitrogen and oxygen atoms in total. The number of rotatable bonds is 5. The van der Waals surface area contributed by atoms with Gasteiger partial charge in [0.15, 0.2) is 0 Å². The van der Waals surface area contributed by atoms with Crippen LogP contribution in [0.1, 0.15) is 6.92 Å². The Kier molecular flexibility index (Phi) is 5.49. The summed E-state index contributed by atoms with van der Waals surface area (Å²) in [5.41, 5.74) is 0. The summed E-state index contributed by atoms with van der Waals surface area (Å²) in [6.45, 7) is 1.92. The van der Waals surface area contributed by atoms with Crippen LogP contribution in [0.3, 0.4) is 0 Å². The molecule has 0 saturated carbocycles. The standard InChI is InChI=1S/C15H16OSe2/c1-12(16)15(17-13-8-4-2-5-9-13)18-14-10-6-3-7-11-14/h2-12,15-16H,1H3. The molecule has 94 valence electrons. The molecule has 0 aliphatic rings. The van der Waals surface area contributed by atoms with E-state index in [1.165, 1.54) is 8.92 Å². The van der Waals surface area contributed by atoms with Crippen LogP contribution in [0.15, 0.2) is 60.7 Å². The number of hydrogen-bond acceptors (Lipinski definition) is 1. The van der Waals surface area contributed by atoms with E-state index in [2.05, 4.69) is 48.5 Å². The van der Waals surface area contributed by atoms with Gasteiger partial charge in [0.25, 0.3) is 0 Å². The SMILES string of the molecule is CC(O)C([Se]c1ccccc1)[Se]c1ccccc1. The Balaban J connectivity index is 2.05. The van der Waals surface area contributed by atoms with Crippen molar-refractivity contribution in [3.63, 3.8) is 0 Å². The number of hydrogen-bond donors (Lipinski definition) is 1. The first-order valence-corrected chi connectivity index (χ1v) is 9.56. The molecule has 0 radical (unpaired) electrons. The summed E-state index contributed by atoms with van der Waals surface area (Å²) < 4.78 is 3.14. The average molecular weight is 370 g/mol. The van der Waals surface area contributed by atoms with Crippen LogP contribution in [0.5, 0.6) is 0 Å². The fourth-order valence-corrected chi connectivity index (χ4v) is 7.81. The Hall–Kier alpha value is -0.561. The van der Waals surface area contributed by atoms with Gasteiger partial charge in [-0.15, -0.1) is 0 Å². The second-order valence-electron chi connectivity index (χ2n) is 3.97. The second-order valence-corrected chi connectivity index (χ2v) is 10.6. The van der Waals surface area contributed by atoms with Crippen molar-refractivity contribution in [2.75, 3.05) is 0 Å². The van der Waals surface area contributed by atoms with E-state index < -0.39 is 0 Å². The van der Waals surface area contributed by atoms with Crippen LogP contribution in [0.4, 0.5) is 0 Å². The summed E-state index contributed by atoms with van der Waals surface area (Å²) in [5, 5.41) is 9.97. The van der Waals surface area contributed by atoms with Crippen molar-refractivity contribution in [2.24, 2.45) is 0 Å². The molecule has 0 aliphatic heterocycles. The molecule has 2 aromatic carbocycles. The van der Waals surface area contributed by atoms with E-state index in [0.717, 1.165) is 0 Å². The maximum atomic E-state index is 9.97. The third-order valence-electron chi connectivity index (χ3n) is 2.38. The van der Waals surface area contributed by atoms with Gasteiger partial charge in [-0.3, -0.25) is 0 Å². The van der Waals surface area contributed by atoms with E-state index in [-0.39, 0.29) is 6.10 Å². The summed E-state index contributed by atoms with van der Waals surface area (Å²) in [7, 11) is 0. The first kappa shape index (κ1) is 13.9. The third kappa shape index (κ3) is 4.28. The molecule has 0 aliphatic carbocycles. The van der Waals surface area contributed by atoms with Crippen LogP contribution >= 0.6 is 0 Å².